The number of anilines is 1. The van der Waals surface area contributed by atoms with Crippen LogP contribution in [0.3, 0.4) is 0 Å². The lowest BCUT2D eigenvalue weighted by atomic mass is 10.2. The normalized spacial score (nSPS) is 11.5. The SMILES string of the molecule is Cc1c(NS(=O)(=O)c2cccc(C(=O)OCc3nc4ccccc4s3)c2)c(=O)n(-c2ccccc2)n1C. The number of esters is 1. The van der Waals surface area contributed by atoms with Gasteiger partial charge >= 0.3 is 5.97 Å². The molecule has 37 heavy (non-hydrogen) atoms. The molecule has 0 atom stereocenters. The Hall–Kier alpha value is -4.22. The second-order valence-corrected chi connectivity index (χ2v) is 11.0. The molecule has 188 valence electrons. The van der Waals surface area contributed by atoms with Gasteiger partial charge in [0.15, 0.2) is 0 Å². The Labute approximate surface area is 216 Å². The van der Waals surface area contributed by atoms with E-state index in [1.807, 2.05) is 30.3 Å². The Bertz CT molecular complexity index is 1750. The van der Waals surface area contributed by atoms with Crippen molar-refractivity contribution in [3.05, 3.63) is 105 Å². The van der Waals surface area contributed by atoms with Crippen LogP contribution in [0.25, 0.3) is 15.9 Å². The monoisotopic (exact) mass is 534 g/mol. The molecule has 0 saturated carbocycles. The van der Waals surface area contributed by atoms with Crippen LogP contribution in [-0.2, 0) is 28.4 Å². The van der Waals surface area contributed by atoms with Crippen LogP contribution in [0.5, 0.6) is 0 Å². The van der Waals surface area contributed by atoms with Crippen LogP contribution in [0.1, 0.15) is 21.1 Å². The van der Waals surface area contributed by atoms with E-state index in [1.54, 1.807) is 42.9 Å². The van der Waals surface area contributed by atoms with E-state index >= 15 is 0 Å². The van der Waals surface area contributed by atoms with E-state index in [0.29, 0.717) is 16.4 Å². The van der Waals surface area contributed by atoms with Gasteiger partial charge in [0.25, 0.3) is 15.6 Å². The summed E-state index contributed by atoms with van der Waals surface area (Å²) in [7, 11) is -2.51. The standard InChI is InChI=1S/C26H22N4O5S2/c1-17-24(25(31)30(29(17)2)19-10-4-3-5-11-19)28-37(33,34)20-12-8-9-18(15-20)26(32)35-16-23-27-21-13-6-7-14-22(21)36-23/h3-15,28H,16H2,1-2H3. The second-order valence-electron chi connectivity index (χ2n) is 8.22. The highest BCUT2D eigenvalue weighted by molar-refractivity contribution is 7.92. The van der Waals surface area contributed by atoms with Crippen LogP contribution in [0.15, 0.2) is 88.6 Å². The van der Waals surface area contributed by atoms with Gasteiger partial charge in [0, 0.05) is 7.05 Å². The number of benzene rings is 3. The van der Waals surface area contributed by atoms with Gasteiger partial charge in [-0.1, -0.05) is 36.4 Å². The van der Waals surface area contributed by atoms with Crippen molar-refractivity contribution in [1.82, 2.24) is 14.3 Å². The highest BCUT2D eigenvalue weighted by Crippen LogP contribution is 2.23. The molecule has 0 aliphatic carbocycles. The molecule has 9 nitrogen and oxygen atoms in total. The van der Waals surface area contributed by atoms with Crippen LogP contribution < -0.4 is 10.3 Å². The number of fused-ring (bicyclic) bond motifs is 1. The molecule has 0 bridgehead atoms. The van der Waals surface area contributed by atoms with Crippen LogP contribution in [0, 0.1) is 6.92 Å². The maximum Gasteiger partial charge on any atom is 0.338 e. The van der Waals surface area contributed by atoms with Gasteiger partial charge in [0.2, 0.25) is 0 Å². The third-order valence-electron chi connectivity index (χ3n) is 5.84. The van der Waals surface area contributed by atoms with Gasteiger partial charge in [0.05, 0.1) is 32.1 Å². The molecule has 0 unspecified atom stereocenters. The summed E-state index contributed by atoms with van der Waals surface area (Å²) in [6.07, 6.45) is 0. The average Bonchev–Trinajstić information content (AvgIpc) is 3.41. The summed E-state index contributed by atoms with van der Waals surface area (Å²) >= 11 is 1.42. The van der Waals surface area contributed by atoms with Crippen molar-refractivity contribution in [2.75, 3.05) is 4.72 Å². The number of hydrogen-bond acceptors (Lipinski definition) is 7. The maximum absolute atomic E-state index is 13.2. The number of nitrogens with zero attached hydrogens (tertiary/aromatic N) is 3. The summed E-state index contributed by atoms with van der Waals surface area (Å²) in [4.78, 5) is 30.0. The summed E-state index contributed by atoms with van der Waals surface area (Å²) < 4.78 is 38.1. The van der Waals surface area contributed by atoms with Crippen molar-refractivity contribution in [3.8, 4) is 5.69 Å². The topological polar surface area (TPSA) is 112 Å². The molecule has 0 radical (unpaired) electrons. The predicted molar refractivity (Wildman–Crippen MR) is 142 cm³/mol. The lowest BCUT2D eigenvalue weighted by Gasteiger charge is -2.09. The van der Waals surface area contributed by atoms with Crippen LogP contribution in [-0.4, -0.2) is 28.7 Å². The number of nitrogens with one attached hydrogen (secondary N) is 1. The number of ether oxygens (including phenoxy) is 1. The zero-order valence-electron chi connectivity index (χ0n) is 19.9. The Morgan fingerprint density at radius 1 is 1.03 bits per heavy atom. The number of hydrogen-bond donors (Lipinski definition) is 1. The lowest BCUT2D eigenvalue weighted by molar-refractivity contribution is 0.0472. The third kappa shape index (κ3) is 4.78. The molecule has 0 aliphatic heterocycles. The van der Waals surface area contributed by atoms with Gasteiger partial charge in [-0.25, -0.2) is 22.9 Å². The number of carbonyl (C=O) groups excluding carboxylic acids is 1. The molecule has 0 aliphatic rings. The molecular weight excluding hydrogens is 512 g/mol. The van der Waals surface area contributed by atoms with Crippen molar-refractivity contribution in [2.45, 2.75) is 18.4 Å². The molecule has 1 N–H and O–H groups in total. The fraction of sp³-hybridized carbons (Fsp3) is 0.115. The van der Waals surface area contributed by atoms with Crippen molar-refractivity contribution in [1.29, 1.82) is 0 Å². The van der Waals surface area contributed by atoms with E-state index in [2.05, 4.69) is 9.71 Å². The largest absolute Gasteiger partial charge is 0.455 e. The molecule has 5 aromatic rings. The summed E-state index contributed by atoms with van der Waals surface area (Å²) in [5.74, 6) is -0.682. The zero-order valence-corrected chi connectivity index (χ0v) is 21.5. The molecule has 0 fully saturated rings. The van der Waals surface area contributed by atoms with Crippen molar-refractivity contribution >= 4 is 43.2 Å². The Kier molecular flexibility index (Phi) is 6.40. The van der Waals surface area contributed by atoms with E-state index in [-0.39, 0.29) is 22.8 Å². The Balaban J connectivity index is 1.37. The van der Waals surface area contributed by atoms with Gasteiger partial charge in [-0.15, -0.1) is 11.3 Å². The molecule has 11 heteroatoms. The van der Waals surface area contributed by atoms with Crippen LogP contribution in [0.4, 0.5) is 5.69 Å². The minimum Gasteiger partial charge on any atom is -0.455 e. The van der Waals surface area contributed by atoms with Crippen molar-refractivity contribution < 1.29 is 17.9 Å². The molecule has 3 aromatic carbocycles. The van der Waals surface area contributed by atoms with Crippen molar-refractivity contribution in [3.63, 3.8) is 0 Å². The first kappa shape index (κ1) is 24.5. The molecule has 2 heterocycles. The van der Waals surface area contributed by atoms with Crippen molar-refractivity contribution in [2.24, 2.45) is 7.05 Å². The third-order valence-corrected chi connectivity index (χ3v) is 8.19. The van der Waals surface area contributed by atoms with Crippen LogP contribution >= 0.6 is 11.3 Å². The molecule has 2 aromatic heterocycles. The Morgan fingerprint density at radius 3 is 2.51 bits per heavy atom. The zero-order chi connectivity index (χ0) is 26.2. The second kappa shape index (κ2) is 9.68. The molecule has 0 saturated heterocycles. The first-order valence-corrected chi connectivity index (χ1v) is 13.5. The Morgan fingerprint density at radius 2 is 1.76 bits per heavy atom. The highest BCUT2D eigenvalue weighted by Gasteiger charge is 2.23. The molecule has 0 spiro atoms. The fourth-order valence-electron chi connectivity index (χ4n) is 3.86. The smallest absolute Gasteiger partial charge is 0.338 e. The maximum atomic E-state index is 13.2. The molecular formula is C26H22N4O5S2. The van der Waals surface area contributed by atoms with Crippen LogP contribution in [0.2, 0.25) is 0 Å². The van der Waals surface area contributed by atoms with Gasteiger partial charge in [-0.3, -0.25) is 14.2 Å². The summed E-state index contributed by atoms with van der Waals surface area (Å²) in [5, 5.41) is 0.634. The minimum atomic E-state index is -4.18. The van der Waals surface area contributed by atoms with Gasteiger partial charge < -0.3 is 4.74 Å². The molecule has 5 rings (SSSR count). The number of rotatable bonds is 7. The number of para-hydroxylation sites is 2. The first-order chi connectivity index (χ1) is 17.7. The number of sulfonamides is 1. The first-order valence-electron chi connectivity index (χ1n) is 11.2. The minimum absolute atomic E-state index is 0.0321. The number of thiazole rings is 1. The summed E-state index contributed by atoms with van der Waals surface area (Å²) in [6, 6.07) is 22.0. The number of carbonyl (C=O) groups is 1. The van der Waals surface area contributed by atoms with E-state index in [1.165, 1.54) is 40.3 Å². The van der Waals surface area contributed by atoms with Gasteiger partial charge in [0.1, 0.15) is 17.3 Å². The van der Waals surface area contributed by atoms with E-state index in [9.17, 15) is 18.0 Å². The van der Waals surface area contributed by atoms with E-state index in [0.717, 1.165) is 10.2 Å². The predicted octanol–water partition coefficient (Wildman–Crippen LogP) is 4.25. The summed E-state index contributed by atoms with van der Waals surface area (Å²) in [6.45, 7) is 1.62. The van der Waals surface area contributed by atoms with E-state index < -0.39 is 21.6 Å². The van der Waals surface area contributed by atoms with Gasteiger partial charge in [-0.05, 0) is 49.4 Å². The summed E-state index contributed by atoms with van der Waals surface area (Å²) in [5.41, 5.74) is 1.33. The fourth-order valence-corrected chi connectivity index (χ4v) is 5.90. The molecule has 0 amide bonds. The van der Waals surface area contributed by atoms with E-state index in [4.69, 9.17) is 4.74 Å². The highest BCUT2D eigenvalue weighted by atomic mass is 32.2. The number of aromatic nitrogens is 3. The lowest BCUT2D eigenvalue weighted by Crippen LogP contribution is -2.23. The average molecular weight is 535 g/mol. The van der Waals surface area contributed by atoms with Gasteiger partial charge in [-0.2, -0.15) is 0 Å². The quantitative estimate of drug-likeness (QED) is 0.313.